The molecule has 0 radical (unpaired) electrons. The minimum Gasteiger partial charge on any atom is -0.454 e. The van der Waals surface area contributed by atoms with Gasteiger partial charge in [-0.3, -0.25) is 4.79 Å². The number of fused-ring (bicyclic) bond motifs is 1. The second-order valence-electron chi connectivity index (χ2n) is 7.08. The molecule has 2 N–H and O–H groups in total. The van der Waals surface area contributed by atoms with Crippen LogP contribution in [0, 0.1) is 12.8 Å². The van der Waals surface area contributed by atoms with E-state index >= 15 is 0 Å². The molecular weight excluding hydrogens is 330 g/mol. The zero-order chi connectivity index (χ0) is 18.1. The molecule has 1 aliphatic carbocycles. The van der Waals surface area contributed by atoms with E-state index in [1.807, 2.05) is 37.3 Å². The summed E-state index contributed by atoms with van der Waals surface area (Å²) in [6.45, 7) is 4.16. The number of aryl methyl sites for hydroxylation is 1. The normalized spacial score (nSPS) is 16.2. The summed E-state index contributed by atoms with van der Waals surface area (Å²) in [7, 11) is 0. The van der Waals surface area contributed by atoms with Crippen LogP contribution in [0.25, 0.3) is 0 Å². The molecule has 2 aliphatic rings. The van der Waals surface area contributed by atoms with E-state index in [-0.39, 0.29) is 18.7 Å². The number of pyridine rings is 1. The Bertz CT molecular complexity index is 833. The van der Waals surface area contributed by atoms with Crippen molar-refractivity contribution in [3.05, 3.63) is 41.6 Å². The number of ether oxygens (including phenoxy) is 2. The first-order valence-corrected chi connectivity index (χ1v) is 9.04. The second-order valence-corrected chi connectivity index (χ2v) is 7.08. The van der Waals surface area contributed by atoms with Crippen molar-refractivity contribution in [2.45, 2.75) is 39.2 Å². The lowest BCUT2D eigenvalue weighted by molar-refractivity contribution is 0.0932. The summed E-state index contributed by atoms with van der Waals surface area (Å²) >= 11 is 0. The maximum absolute atomic E-state index is 12.6. The summed E-state index contributed by atoms with van der Waals surface area (Å²) in [5.74, 6) is 2.61. The summed E-state index contributed by atoms with van der Waals surface area (Å²) in [5.41, 5.74) is 2.07. The van der Waals surface area contributed by atoms with Gasteiger partial charge in [0.1, 0.15) is 11.5 Å². The fourth-order valence-electron chi connectivity index (χ4n) is 3.20. The van der Waals surface area contributed by atoms with Gasteiger partial charge in [-0.1, -0.05) is 25.0 Å². The van der Waals surface area contributed by atoms with Crippen molar-refractivity contribution in [3.8, 4) is 11.5 Å². The Labute approximate surface area is 152 Å². The first-order valence-electron chi connectivity index (χ1n) is 9.04. The molecule has 1 aromatic carbocycles. The average Bonchev–Trinajstić information content (AvgIpc) is 3.28. The Balaban J connectivity index is 1.50. The maximum Gasteiger partial charge on any atom is 0.270 e. The van der Waals surface area contributed by atoms with Gasteiger partial charge >= 0.3 is 0 Å². The van der Waals surface area contributed by atoms with Crippen molar-refractivity contribution in [1.29, 1.82) is 0 Å². The monoisotopic (exact) mass is 353 g/mol. The predicted molar refractivity (Wildman–Crippen MR) is 99.1 cm³/mol. The molecule has 6 nitrogen and oxygen atoms in total. The smallest absolute Gasteiger partial charge is 0.270 e. The Morgan fingerprint density at radius 3 is 2.92 bits per heavy atom. The van der Waals surface area contributed by atoms with E-state index in [0.717, 1.165) is 23.6 Å². The molecule has 4 rings (SSSR count). The third-order valence-corrected chi connectivity index (χ3v) is 4.73. The summed E-state index contributed by atoms with van der Waals surface area (Å²) in [5, 5.41) is 6.29. The average molecular weight is 353 g/mol. The lowest BCUT2D eigenvalue weighted by Gasteiger charge is -2.15. The number of rotatable bonds is 6. The van der Waals surface area contributed by atoms with Gasteiger partial charge in [0.25, 0.3) is 5.91 Å². The SMILES string of the molecule is Cc1ccc(Nc2cccc3c2OCO3)nc1C(=O)NC(C)CC1CC1. The molecule has 136 valence electrons. The highest BCUT2D eigenvalue weighted by Crippen LogP contribution is 2.40. The molecule has 2 aromatic rings. The number of hydrogen-bond acceptors (Lipinski definition) is 5. The fraction of sp³-hybridized carbons (Fsp3) is 0.400. The largest absolute Gasteiger partial charge is 0.454 e. The minimum atomic E-state index is -0.128. The van der Waals surface area contributed by atoms with Crippen LogP contribution in [0.15, 0.2) is 30.3 Å². The number of para-hydroxylation sites is 1. The Hall–Kier alpha value is -2.76. The van der Waals surface area contributed by atoms with E-state index in [4.69, 9.17) is 9.47 Å². The maximum atomic E-state index is 12.6. The number of amides is 1. The molecule has 0 saturated heterocycles. The quantitative estimate of drug-likeness (QED) is 0.827. The summed E-state index contributed by atoms with van der Waals surface area (Å²) < 4.78 is 10.9. The van der Waals surface area contributed by atoms with Crippen molar-refractivity contribution in [1.82, 2.24) is 10.3 Å². The van der Waals surface area contributed by atoms with Crippen LogP contribution in [0.5, 0.6) is 11.5 Å². The van der Waals surface area contributed by atoms with Gasteiger partial charge in [0.05, 0.1) is 5.69 Å². The zero-order valence-corrected chi connectivity index (χ0v) is 15.0. The van der Waals surface area contributed by atoms with E-state index in [1.165, 1.54) is 12.8 Å². The van der Waals surface area contributed by atoms with Crippen LogP contribution < -0.4 is 20.1 Å². The van der Waals surface area contributed by atoms with E-state index in [1.54, 1.807) is 0 Å². The minimum absolute atomic E-state index is 0.128. The van der Waals surface area contributed by atoms with Gasteiger partial charge in [-0.25, -0.2) is 4.98 Å². The molecule has 1 atom stereocenters. The van der Waals surface area contributed by atoms with E-state index in [9.17, 15) is 4.79 Å². The highest BCUT2D eigenvalue weighted by Gasteiger charge is 2.25. The molecule has 1 fully saturated rings. The molecule has 1 aliphatic heterocycles. The van der Waals surface area contributed by atoms with Crippen LogP contribution >= 0.6 is 0 Å². The third kappa shape index (κ3) is 3.59. The van der Waals surface area contributed by atoms with Crippen molar-refractivity contribution in [2.75, 3.05) is 12.1 Å². The second kappa shape index (κ2) is 6.86. The zero-order valence-electron chi connectivity index (χ0n) is 15.0. The van der Waals surface area contributed by atoms with Crippen molar-refractivity contribution in [3.63, 3.8) is 0 Å². The van der Waals surface area contributed by atoms with Crippen LogP contribution in [0.3, 0.4) is 0 Å². The number of anilines is 2. The van der Waals surface area contributed by atoms with Crippen molar-refractivity contribution >= 4 is 17.4 Å². The van der Waals surface area contributed by atoms with Gasteiger partial charge in [0.15, 0.2) is 11.5 Å². The highest BCUT2D eigenvalue weighted by molar-refractivity contribution is 5.94. The first-order chi connectivity index (χ1) is 12.6. The molecule has 0 spiro atoms. The molecule has 26 heavy (non-hydrogen) atoms. The number of benzene rings is 1. The number of nitrogens with one attached hydrogen (secondary N) is 2. The van der Waals surface area contributed by atoms with Gasteiger partial charge in [0.2, 0.25) is 6.79 Å². The van der Waals surface area contributed by atoms with Gasteiger partial charge < -0.3 is 20.1 Å². The summed E-state index contributed by atoms with van der Waals surface area (Å²) in [4.78, 5) is 17.1. The lowest BCUT2D eigenvalue weighted by atomic mass is 10.1. The number of nitrogens with zero attached hydrogens (tertiary/aromatic N) is 1. The van der Waals surface area contributed by atoms with Crippen LogP contribution in [-0.4, -0.2) is 23.7 Å². The number of aromatic nitrogens is 1. The van der Waals surface area contributed by atoms with Crippen LogP contribution in [0.2, 0.25) is 0 Å². The van der Waals surface area contributed by atoms with Gasteiger partial charge in [0, 0.05) is 6.04 Å². The summed E-state index contributed by atoms with van der Waals surface area (Å²) in [6, 6.07) is 9.56. The van der Waals surface area contributed by atoms with Crippen molar-refractivity contribution < 1.29 is 14.3 Å². The number of carbonyl (C=O) groups is 1. The van der Waals surface area contributed by atoms with Crippen molar-refractivity contribution in [2.24, 2.45) is 5.92 Å². The Kier molecular flexibility index (Phi) is 4.41. The molecule has 6 heteroatoms. The van der Waals surface area contributed by atoms with E-state index in [2.05, 4.69) is 22.5 Å². The molecule has 1 amide bonds. The van der Waals surface area contributed by atoms with Gasteiger partial charge in [-0.15, -0.1) is 0 Å². The topological polar surface area (TPSA) is 72.5 Å². The molecule has 0 bridgehead atoms. The predicted octanol–water partition coefficient (Wildman–Crippen LogP) is 3.78. The lowest BCUT2D eigenvalue weighted by Crippen LogP contribution is -2.34. The molecule has 1 aromatic heterocycles. The van der Waals surface area contributed by atoms with E-state index < -0.39 is 0 Å². The van der Waals surface area contributed by atoms with E-state index in [0.29, 0.717) is 23.0 Å². The summed E-state index contributed by atoms with van der Waals surface area (Å²) in [6.07, 6.45) is 3.60. The first kappa shape index (κ1) is 16.7. The fourth-order valence-corrected chi connectivity index (χ4v) is 3.20. The highest BCUT2D eigenvalue weighted by atomic mass is 16.7. The Morgan fingerprint density at radius 2 is 2.12 bits per heavy atom. The Morgan fingerprint density at radius 1 is 1.27 bits per heavy atom. The molecular formula is C20H23N3O3. The van der Waals surface area contributed by atoms with Gasteiger partial charge in [-0.2, -0.15) is 0 Å². The van der Waals surface area contributed by atoms with Crippen LogP contribution in [0.1, 0.15) is 42.2 Å². The molecule has 1 saturated carbocycles. The van der Waals surface area contributed by atoms with Gasteiger partial charge in [-0.05, 0) is 49.9 Å². The molecule has 2 heterocycles. The number of carbonyl (C=O) groups excluding carboxylic acids is 1. The van der Waals surface area contributed by atoms with Crippen LogP contribution in [-0.2, 0) is 0 Å². The number of hydrogen-bond donors (Lipinski definition) is 2. The molecule has 1 unspecified atom stereocenters. The standard InChI is InChI=1S/C20H23N3O3/c1-12-6-9-17(22-15-4-3-5-16-19(15)26-11-25-16)23-18(12)20(24)21-13(2)10-14-7-8-14/h3-6,9,13-14H,7-8,10-11H2,1-2H3,(H,21,24)(H,22,23). The van der Waals surface area contributed by atoms with Crippen LogP contribution in [0.4, 0.5) is 11.5 Å². The third-order valence-electron chi connectivity index (χ3n) is 4.73.